The minimum absolute atomic E-state index is 0.174. The Morgan fingerprint density at radius 2 is 2.09 bits per heavy atom. The van der Waals surface area contributed by atoms with Gasteiger partial charge in [0.15, 0.2) is 11.5 Å². The van der Waals surface area contributed by atoms with Crippen LogP contribution < -0.4 is 14.8 Å². The van der Waals surface area contributed by atoms with Gasteiger partial charge in [-0.15, -0.1) is 11.3 Å². The summed E-state index contributed by atoms with van der Waals surface area (Å²) < 4.78 is 11.3. The normalized spacial score (nSPS) is 14.4. The van der Waals surface area contributed by atoms with Crippen molar-refractivity contribution in [2.75, 3.05) is 13.2 Å². The number of rotatable bonds is 3. The lowest BCUT2D eigenvalue weighted by atomic mass is 10.1. The molecule has 2 heterocycles. The molecular weight excluding hydrogens is 312 g/mol. The van der Waals surface area contributed by atoms with Crippen molar-refractivity contribution in [2.24, 2.45) is 0 Å². The molecule has 1 aliphatic heterocycles. The van der Waals surface area contributed by atoms with Crippen LogP contribution in [0.1, 0.15) is 40.2 Å². The van der Waals surface area contributed by atoms with E-state index < -0.39 is 0 Å². The van der Waals surface area contributed by atoms with E-state index >= 15 is 0 Å². The lowest BCUT2D eigenvalue weighted by Crippen LogP contribution is -2.25. The van der Waals surface area contributed by atoms with Crippen molar-refractivity contribution in [1.29, 1.82) is 5.26 Å². The van der Waals surface area contributed by atoms with Gasteiger partial charge in [0.25, 0.3) is 5.91 Å². The molecule has 1 aliphatic rings. The van der Waals surface area contributed by atoms with Crippen LogP contribution in [0.4, 0.5) is 0 Å². The Hall–Kier alpha value is -2.52. The first-order chi connectivity index (χ1) is 11.2. The molecule has 1 aromatic heterocycles. The molecule has 2 aromatic rings. The van der Waals surface area contributed by atoms with E-state index in [1.807, 2.05) is 31.2 Å². The van der Waals surface area contributed by atoms with E-state index in [-0.39, 0.29) is 11.9 Å². The zero-order valence-corrected chi connectivity index (χ0v) is 13.5. The number of nitrogens with one attached hydrogen (secondary N) is 1. The Morgan fingerprint density at radius 3 is 2.83 bits per heavy atom. The maximum Gasteiger partial charge on any atom is 0.261 e. The average Bonchev–Trinajstić information content (AvgIpc) is 2.92. The molecule has 0 saturated carbocycles. The number of thiophene rings is 1. The first kappa shape index (κ1) is 15.4. The van der Waals surface area contributed by atoms with Crippen LogP contribution in [-0.4, -0.2) is 19.1 Å². The molecule has 0 spiro atoms. The van der Waals surface area contributed by atoms with Gasteiger partial charge in [0, 0.05) is 11.8 Å². The largest absolute Gasteiger partial charge is 0.490 e. The molecule has 0 fully saturated rings. The number of carbonyl (C=O) groups excluding carboxylic acids is 1. The standard InChI is InChI=1S/C17H16N2O3S/c1-11(19-17(20)16-7-12(9-18)10-23-16)13-3-4-14-15(8-13)22-6-2-5-21-14/h3-4,7-8,10-11H,2,5-6H2,1H3,(H,19,20)/t11-/m1/s1. The third-order valence-corrected chi connectivity index (χ3v) is 4.50. The predicted octanol–water partition coefficient (Wildman–Crippen LogP) is 3.27. The lowest BCUT2D eigenvalue weighted by Gasteiger charge is -2.16. The highest BCUT2D eigenvalue weighted by atomic mass is 32.1. The monoisotopic (exact) mass is 328 g/mol. The number of nitriles is 1. The number of fused-ring (bicyclic) bond motifs is 1. The first-order valence-electron chi connectivity index (χ1n) is 7.36. The molecule has 6 heteroatoms. The van der Waals surface area contributed by atoms with Crippen molar-refractivity contribution in [3.8, 4) is 17.6 Å². The highest BCUT2D eigenvalue weighted by molar-refractivity contribution is 7.12. The summed E-state index contributed by atoms with van der Waals surface area (Å²) in [4.78, 5) is 12.8. The van der Waals surface area contributed by atoms with Crippen LogP contribution in [0.25, 0.3) is 0 Å². The highest BCUT2D eigenvalue weighted by Crippen LogP contribution is 2.32. The van der Waals surface area contributed by atoms with E-state index in [2.05, 4.69) is 5.32 Å². The fourth-order valence-corrected chi connectivity index (χ4v) is 3.05. The summed E-state index contributed by atoms with van der Waals surface area (Å²) in [6.07, 6.45) is 0.857. The maximum absolute atomic E-state index is 12.2. The van der Waals surface area contributed by atoms with Crippen LogP contribution >= 0.6 is 11.3 Å². The molecular formula is C17H16N2O3S. The number of ether oxygens (including phenoxy) is 2. The Morgan fingerprint density at radius 1 is 1.30 bits per heavy atom. The van der Waals surface area contributed by atoms with Crippen LogP contribution in [0.15, 0.2) is 29.6 Å². The minimum Gasteiger partial charge on any atom is -0.490 e. The molecule has 3 rings (SSSR count). The van der Waals surface area contributed by atoms with Crippen molar-refractivity contribution in [3.05, 3.63) is 45.6 Å². The highest BCUT2D eigenvalue weighted by Gasteiger charge is 2.16. The Kier molecular flexibility index (Phi) is 4.49. The fourth-order valence-electron chi connectivity index (χ4n) is 2.31. The van der Waals surface area contributed by atoms with Gasteiger partial charge in [0.05, 0.1) is 29.7 Å². The second-order valence-electron chi connectivity index (χ2n) is 5.26. The van der Waals surface area contributed by atoms with E-state index in [1.54, 1.807) is 11.4 Å². The summed E-state index contributed by atoms with van der Waals surface area (Å²) in [5.74, 6) is 1.27. The first-order valence-corrected chi connectivity index (χ1v) is 8.24. The number of benzene rings is 1. The summed E-state index contributed by atoms with van der Waals surface area (Å²) in [6.45, 7) is 3.19. The number of hydrogen-bond donors (Lipinski definition) is 1. The van der Waals surface area contributed by atoms with Crippen LogP contribution in [0, 0.1) is 11.3 Å². The van der Waals surface area contributed by atoms with Gasteiger partial charge in [-0.2, -0.15) is 5.26 Å². The predicted molar refractivity (Wildman–Crippen MR) is 87.0 cm³/mol. The van der Waals surface area contributed by atoms with Gasteiger partial charge in [-0.3, -0.25) is 4.79 Å². The smallest absolute Gasteiger partial charge is 0.261 e. The molecule has 118 valence electrons. The van der Waals surface area contributed by atoms with Crippen molar-refractivity contribution in [2.45, 2.75) is 19.4 Å². The summed E-state index contributed by atoms with van der Waals surface area (Å²) in [5.41, 5.74) is 1.45. The van der Waals surface area contributed by atoms with E-state index in [9.17, 15) is 4.79 Å². The summed E-state index contributed by atoms with van der Waals surface area (Å²) in [6, 6.07) is 9.15. The van der Waals surface area contributed by atoms with Gasteiger partial charge in [-0.1, -0.05) is 6.07 Å². The van der Waals surface area contributed by atoms with Crippen LogP contribution in [0.5, 0.6) is 11.5 Å². The van der Waals surface area contributed by atoms with Gasteiger partial charge in [0.1, 0.15) is 6.07 Å². The van der Waals surface area contributed by atoms with Crippen LogP contribution in [0.3, 0.4) is 0 Å². The van der Waals surface area contributed by atoms with Crippen molar-refractivity contribution in [3.63, 3.8) is 0 Å². The molecule has 0 bridgehead atoms. The van der Waals surface area contributed by atoms with Crippen LogP contribution in [0.2, 0.25) is 0 Å². The molecule has 0 unspecified atom stereocenters. The summed E-state index contributed by atoms with van der Waals surface area (Å²) >= 11 is 1.27. The van der Waals surface area contributed by atoms with Crippen molar-refractivity contribution >= 4 is 17.2 Å². The van der Waals surface area contributed by atoms with Crippen molar-refractivity contribution in [1.82, 2.24) is 5.32 Å². The minimum atomic E-state index is -0.184. The van der Waals surface area contributed by atoms with Crippen molar-refractivity contribution < 1.29 is 14.3 Å². The summed E-state index contributed by atoms with van der Waals surface area (Å²) in [7, 11) is 0. The lowest BCUT2D eigenvalue weighted by molar-refractivity contribution is 0.0944. The molecule has 0 aliphatic carbocycles. The number of amides is 1. The average molecular weight is 328 g/mol. The number of hydrogen-bond acceptors (Lipinski definition) is 5. The molecule has 1 atom stereocenters. The van der Waals surface area contributed by atoms with Crippen LogP contribution in [-0.2, 0) is 0 Å². The molecule has 0 saturated heterocycles. The Labute approximate surface area is 138 Å². The third kappa shape index (κ3) is 3.46. The topological polar surface area (TPSA) is 71.4 Å². The zero-order valence-electron chi connectivity index (χ0n) is 12.7. The fraction of sp³-hybridized carbons (Fsp3) is 0.294. The second kappa shape index (κ2) is 6.71. The van der Waals surface area contributed by atoms with Gasteiger partial charge in [0.2, 0.25) is 0 Å². The van der Waals surface area contributed by atoms with E-state index in [0.29, 0.717) is 29.4 Å². The number of carbonyl (C=O) groups is 1. The molecule has 5 nitrogen and oxygen atoms in total. The van der Waals surface area contributed by atoms with Gasteiger partial charge in [-0.25, -0.2) is 0 Å². The Balaban J connectivity index is 1.73. The maximum atomic E-state index is 12.2. The zero-order chi connectivity index (χ0) is 16.2. The van der Waals surface area contributed by atoms with E-state index in [4.69, 9.17) is 14.7 Å². The van der Waals surface area contributed by atoms with E-state index in [0.717, 1.165) is 17.7 Å². The van der Waals surface area contributed by atoms with E-state index in [1.165, 1.54) is 11.3 Å². The quantitative estimate of drug-likeness (QED) is 0.938. The third-order valence-electron chi connectivity index (χ3n) is 3.57. The van der Waals surface area contributed by atoms with Gasteiger partial charge >= 0.3 is 0 Å². The van der Waals surface area contributed by atoms with Gasteiger partial charge < -0.3 is 14.8 Å². The molecule has 1 aromatic carbocycles. The van der Waals surface area contributed by atoms with Gasteiger partial charge in [-0.05, 0) is 30.7 Å². The molecule has 23 heavy (non-hydrogen) atoms. The molecule has 0 radical (unpaired) electrons. The molecule has 1 N–H and O–H groups in total. The summed E-state index contributed by atoms with van der Waals surface area (Å²) in [5, 5.41) is 13.4. The second-order valence-corrected chi connectivity index (χ2v) is 6.17. The molecule has 1 amide bonds. The Bertz CT molecular complexity index is 763. The number of nitrogens with zero attached hydrogens (tertiary/aromatic N) is 1. The SMILES string of the molecule is C[C@@H](NC(=O)c1cc(C#N)cs1)c1ccc2c(c1)OCCCO2.